The lowest BCUT2D eigenvalue weighted by Gasteiger charge is -2.08. The van der Waals surface area contributed by atoms with Crippen LogP contribution in [0.25, 0.3) is 0 Å². The van der Waals surface area contributed by atoms with E-state index in [-0.39, 0.29) is 23.2 Å². The molecule has 0 radical (unpaired) electrons. The predicted molar refractivity (Wildman–Crippen MR) is 86.4 cm³/mol. The van der Waals surface area contributed by atoms with Gasteiger partial charge in [0.15, 0.2) is 0 Å². The van der Waals surface area contributed by atoms with Gasteiger partial charge in [-0.15, -0.1) is 0 Å². The number of hydrogen-bond donors (Lipinski definition) is 2. The van der Waals surface area contributed by atoms with Crippen molar-refractivity contribution in [2.45, 2.75) is 0 Å². The highest BCUT2D eigenvalue weighted by molar-refractivity contribution is 6.04. The predicted octanol–water partition coefficient (Wildman–Crippen LogP) is 1.77. The van der Waals surface area contributed by atoms with Crippen molar-refractivity contribution in [3.05, 3.63) is 72.8 Å². The van der Waals surface area contributed by atoms with Crippen LogP contribution in [0.4, 0.5) is 11.4 Å². The van der Waals surface area contributed by atoms with Gasteiger partial charge in [0, 0.05) is 36.2 Å². The zero-order chi connectivity index (χ0) is 16.8. The van der Waals surface area contributed by atoms with Gasteiger partial charge in [0.25, 0.3) is 11.8 Å². The number of carbonyl (C=O) groups is 2. The molecular weight excluding hydrogens is 308 g/mol. The fourth-order valence-electron chi connectivity index (χ4n) is 1.90. The van der Waals surface area contributed by atoms with Crippen LogP contribution in [0.1, 0.15) is 21.0 Å². The molecule has 1 aromatic carbocycles. The second kappa shape index (κ2) is 7.05. The Balaban J connectivity index is 1.70. The first-order valence-electron chi connectivity index (χ1n) is 6.97. The second-order valence-corrected chi connectivity index (χ2v) is 4.67. The van der Waals surface area contributed by atoms with Gasteiger partial charge in [-0.3, -0.25) is 19.6 Å². The molecule has 0 aliphatic heterocycles. The zero-order valence-corrected chi connectivity index (χ0v) is 12.4. The minimum Gasteiger partial charge on any atom is -0.321 e. The van der Waals surface area contributed by atoms with E-state index in [1.165, 1.54) is 37.2 Å². The summed E-state index contributed by atoms with van der Waals surface area (Å²) in [4.78, 5) is 39.6. The summed E-state index contributed by atoms with van der Waals surface area (Å²) in [7, 11) is 0. The van der Waals surface area contributed by atoms with Crippen LogP contribution < -0.4 is 10.6 Å². The van der Waals surface area contributed by atoms with Crippen LogP contribution in [0, 0.1) is 0 Å². The van der Waals surface area contributed by atoms with Crippen molar-refractivity contribution in [2.24, 2.45) is 0 Å². The number of carbonyl (C=O) groups excluding carboxylic acids is 2. The van der Waals surface area contributed by atoms with Crippen molar-refractivity contribution in [3.8, 4) is 0 Å². The molecule has 0 unspecified atom stereocenters. The number of nitrogens with one attached hydrogen (secondary N) is 2. The first-order valence-corrected chi connectivity index (χ1v) is 6.97. The van der Waals surface area contributed by atoms with Crippen molar-refractivity contribution < 1.29 is 9.59 Å². The number of rotatable bonds is 4. The molecule has 2 aromatic heterocycles. The molecular formula is C16H12N6O2. The Morgan fingerprint density at radius 3 is 1.67 bits per heavy atom. The summed E-state index contributed by atoms with van der Waals surface area (Å²) in [5, 5.41) is 5.38. The summed E-state index contributed by atoms with van der Waals surface area (Å²) in [6.45, 7) is 0. The average molecular weight is 320 g/mol. The maximum atomic E-state index is 12.0. The van der Waals surface area contributed by atoms with E-state index in [1.54, 1.807) is 24.3 Å². The van der Waals surface area contributed by atoms with E-state index < -0.39 is 0 Å². The average Bonchev–Trinajstić information content (AvgIpc) is 2.63. The third-order valence-corrected chi connectivity index (χ3v) is 2.97. The fourth-order valence-corrected chi connectivity index (χ4v) is 1.90. The van der Waals surface area contributed by atoms with Crippen LogP contribution in [-0.4, -0.2) is 31.8 Å². The highest BCUT2D eigenvalue weighted by Crippen LogP contribution is 2.16. The van der Waals surface area contributed by atoms with Crippen LogP contribution in [0.3, 0.4) is 0 Å². The quantitative estimate of drug-likeness (QED) is 0.758. The molecule has 2 N–H and O–H groups in total. The van der Waals surface area contributed by atoms with Gasteiger partial charge >= 0.3 is 0 Å². The smallest absolute Gasteiger partial charge is 0.275 e. The molecule has 2 amide bonds. The second-order valence-electron chi connectivity index (χ2n) is 4.67. The number of benzene rings is 1. The summed E-state index contributed by atoms with van der Waals surface area (Å²) in [5.41, 5.74) is 1.43. The van der Waals surface area contributed by atoms with Crippen LogP contribution in [-0.2, 0) is 0 Å². The van der Waals surface area contributed by atoms with Crippen LogP contribution in [0.2, 0.25) is 0 Å². The van der Waals surface area contributed by atoms with Gasteiger partial charge in [0.1, 0.15) is 11.4 Å². The van der Waals surface area contributed by atoms with E-state index >= 15 is 0 Å². The minimum atomic E-state index is -0.388. The molecule has 0 fully saturated rings. The number of anilines is 2. The number of hydrogen-bond acceptors (Lipinski definition) is 6. The van der Waals surface area contributed by atoms with Crippen LogP contribution in [0.15, 0.2) is 61.4 Å². The fraction of sp³-hybridized carbons (Fsp3) is 0. The lowest BCUT2D eigenvalue weighted by Crippen LogP contribution is -2.15. The Hall–Kier alpha value is -3.68. The molecule has 2 heterocycles. The van der Waals surface area contributed by atoms with E-state index in [1.807, 2.05) is 0 Å². The summed E-state index contributed by atoms with van der Waals surface area (Å²) in [6.07, 6.45) is 8.59. The maximum absolute atomic E-state index is 12.0. The molecule has 0 saturated carbocycles. The topological polar surface area (TPSA) is 110 Å². The van der Waals surface area contributed by atoms with Gasteiger partial charge in [-0.1, -0.05) is 6.07 Å². The molecule has 8 heteroatoms. The van der Waals surface area contributed by atoms with E-state index in [2.05, 4.69) is 30.6 Å². The van der Waals surface area contributed by atoms with Gasteiger partial charge < -0.3 is 10.6 Å². The van der Waals surface area contributed by atoms with Gasteiger partial charge in [-0.05, 0) is 18.2 Å². The summed E-state index contributed by atoms with van der Waals surface area (Å²) < 4.78 is 0. The van der Waals surface area contributed by atoms with Gasteiger partial charge in [-0.25, -0.2) is 9.97 Å². The highest BCUT2D eigenvalue weighted by Gasteiger charge is 2.10. The number of amides is 2. The molecule has 3 aromatic rings. The maximum Gasteiger partial charge on any atom is 0.275 e. The van der Waals surface area contributed by atoms with Crippen molar-refractivity contribution in [3.63, 3.8) is 0 Å². The van der Waals surface area contributed by atoms with Crippen molar-refractivity contribution >= 4 is 23.2 Å². The Morgan fingerprint density at radius 1 is 0.750 bits per heavy atom. The molecule has 8 nitrogen and oxygen atoms in total. The monoisotopic (exact) mass is 320 g/mol. The standard InChI is InChI=1S/C16H12N6O2/c23-15(13-9-17-4-6-19-13)21-11-2-1-3-12(8-11)22-16(24)14-10-18-5-7-20-14/h1-10H,(H,21,23)(H,22,24). The van der Waals surface area contributed by atoms with Crippen LogP contribution in [0.5, 0.6) is 0 Å². The van der Waals surface area contributed by atoms with E-state index in [0.717, 1.165) is 0 Å². The molecule has 0 atom stereocenters. The van der Waals surface area contributed by atoms with E-state index in [0.29, 0.717) is 11.4 Å². The summed E-state index contributed by atoms with van der Waals surface area (Å²) in [6, 6.07) is 6.74. The number of nitrogens with zero attached hydrogens (tertiary/aromatic N) is 4. The minimum absolute atomic E-state index is 0.200. The van der Waals surface area contributed by atoms with Gasteiger partial charge in [0.05, 0.1) is 12.4 Å². The van der Waals surface area contributed by atoms with Crippen molar-refractivity contribution in [1.29, 1.82) is 0 Å². The molecule has 24 heavy (non-hydrogen) atoms. The Kier molecular flexibility index (Phi) is 4.47. The van der Waals surface area contributed by atoms with Gasteiger partial charge in [-0.2, -0.15) is 0 Å². The molecule has 0 saturated heterocycles. The molecule has 3 rings (SSSR count). The van der Waals surface area contributed by atoms with Crippen molar-refractivity contribution in [1.82, 2.24) is 19.9 Å². The Bertz CT molecular complexity index is 786. The molecule has 0 aliphatic carbocycles. The molecule has 0 aliphatic rings. The third kappa shape index (κ3) is 3.74. The van der Waals surface area contributed by atoms with E-state index in [9.17, 15) is 9.59 Å². The molecule has 0 bridgehead atoms. The van der Waals surface area contributed by atoms with Crippen LogP contribution >= 0.6 is 0 Å². The zero-order valence-electron chi connectivity index (χ0n) is 12.4. The normalized spacial score (nSPS) is 10.0. The van der Waals surface area contributed by atoms with E-state index in [4.69, 9.17) is 0 Å². The largest absolute Gasteiger partial charge is 0.321 e. The Labute approximate surface area is 137 Å². The lowest BCUT2D eigenvalue weighted by molar-refractivity contribution is 0.101. The highest BCUT2D eigenvalue weighted by atomic mass is 16.2. The number of aromatic nitrogens is 4. The Morgan fingerprint density at radius 2 is 1.25 bits per heavy atom. The summed E-state index contributed by atoms with van der Waals surface area (Å²) >= 11 is 0. The SMILES string of the molecule is O=C(Nc1cccc(NC(=O)c2cnccn2)c1)c1cnccn1. The lowest BCUT2D eigenvalue weighted by atomic mass is 10.2. The molecule has 118 valence electrons. The third-order valence-electron chi connectivity index (χ3n) is 2.97. The van der Waals surface area contributed by atoms with Crippen molar-refractivity contribution in [2.75, 3.05) is 10.6 Å². The van der Waals surface area contributed by atoms with Gasteiger partial charge in [0.2, 0.25) is 0 Å². The molecule has 0 spiro atoms. The first kappa shape index (κ1) is 15.2. The first-order chi connectivity index (χ1) is 11.7. The summed E-state index contributed by atoms with van der Waals surface area (Å²) in [5.74, 6) is -0.777.